The number of rotatable bonds is 7. The van der Waals surface area contributed by atoms with Crippen molar-refractivity contribution in [3.8, 4) is 0 Å². The fourth-order valence-corrected chi connectivity index (χ4v) is 4.17. The van der Waals surface area contributed by atoms with Crippen LogP contribution in [0.15, 0.2) is 0 Å². The monoisotopic (exact) mass is 263 g/mol. The molecule has 6 heteroatoms. The molecule has 0 aliphatic carbocycles. The number of hydrogen-bond acceptors (Lipinski definition) is 5. The number of ketones is 1. The van der Waals surface area contributed by atoms with Crippen molar-refractivity contribution in [3.63, 3.8) is 0 Å². The lowest BCUT2D eigenvalue weighted by Crippen LogP contribution is -2.29. The van der Waals surface area contributed by atoms with Gasteiger partial charge in [-0.15, -0.1) is 0 Å². The first kappa shape index (κ1) is 13.9. The molecule has 16 heavy (non-hydrogen) atoms. The smallest absolute Gasteiger partial charge is 0.221 e. The van der Waals surface area contributed by atoms with E-state index < -0.39 is 0 Å². The lowest BCUT2D eigenvalue weighted by atomic mass is 10.2. The lowest BCUT2D eigenvalue weighted by Gasteiger charge is -2.08. The molecule has 1 heterocycles. The fraction of sp³-hybridized carbons (Fsp3) is 0.800. The molecule has 1 aliphatic heterocycles. The maximum atomic E-state index is 11.4. The van der Waals surface area contributed by atoms with E-state index >= 15 is 0 Å². The molecule has 92 valence electrons. The second kappa shape index (κ2) is 7.97. The van der Waals surface area contributed by atoms with Gasteiger partial charge in [0.15, 0.2) is 5.78 Å². The van der Waals surface area contributed by atoms with Crippen LogP contribution in [-0.2, 0) is 14.3 Å². The molecule has 0 aromatic heterocycles. The van der Waals surface area contributed by atoms with Crippen molar-refractivity contribution >= 4 is 33.3 Å². The van der Waals surface area contributed by atoms with Gasteiger partial charge in [0.2, 0.25) is 5.91 Å². The third-order valence-electron chi connectivity index (χ3n) is 2.01. The molecule has 0 radical (unpaired) electrons. The van der Waals surface area contributed by atoms with E-state index in [4.69, 9.17) is 4.74 Å². The van der Waals surface area contributed by atoms with Crippen molar-refractivity contribution in [2.45, 2.75) is 25.0 Å². The third-order valence-corrected chi connectivity index (χ3v) is 4.95. The van der Waals surface area contributed by atoms with Gasteiger partial charge in [0, 0.05) is 24.0 Å². The molecule has 0 spiro atoms. The number of Topliss-reactive ketones (excluding diaryl/α,β-unsaturated/α-hetero) is 1. The van der Waals surface area contributed by atoms with Crippen LogP contribution in [0.1, 0.15) is 19.8 Å². The van der Waals surface area contributed by atoms with Crippen molar-refractivity contribution in [2.75, 3.05) is 25.5 Å². The molecule has 4 nitrogen and oxygen atoms in total. The minimum atomic E-state index is 0.00528. The summed E-state index contributed by atoms with van der Waals surface area (Å²) in [6.45, 7) is 2.49. The van der Waals surface area contributed by atoms with Crippen LogP contribution in [0.4, 0.5) is 0 Å². The van der Waals surface area contributed by atoms with Gasteiger partial charge in [-0.25, -0.2) is 0 Å². The van der Waals surface area contributed by atoms with Crippen LogP contribution < -0.4 is 5.32 Å². The molecular formula is C10H17NO3S2. The fourth-order valence-electron chi connectivity index (χ4n) is 1.27. The zero-order valence-electron chi connectivity index (χ0n) is 9.36. The highest BCUT2D eigenvalue weighted by molar-refractivity contribution is 8.77. The first-order valence-electron chi connectivity index (χ1n) is 5.30. The topological polar surface area (TPSA) is 55.4 Å². The number of carbonyl (C=O) groups excluding carboxylic acids is 2. The minimum absolute atomic E-state index is 0.00528. The largest absolute Gasteiger partial charge is 0.372 e. The predicted molar refractivity (Wildman–Crippen MR) is 67.6 cm³/mol. The van der Waals surface area contributed by atoms with Gasteiger partial charge >= 0.3 is 0 Å². The molecule has 0 bridgehead atoms. The number of ether oxygens (including phenoxy) is 1. The van der Waals surface area contributed by atoms with Gasteiger partial charge in [-0.05, 0) is 13.3 Å². The van der Waals surface area contributed by atoms with Crippen molar-refractivity contribution in [2.24, 2.45) is 0 Å². The summed E-state index contributed by atoms with van der Waals surface area (Å²) in [6, 6.07) is 0. The second-order valence-electron chi connectivity index (χ2n) is 3.64. The Bertz CT molecular complexity index is 242. The van der Waals surface area contributed by atoms with E-state index in [1.165, 1.54) is 6.92 Å². The van der Waals surface area contributed by atoms with E-state index in [-0.39, 0.29) is 18.3 Å². The van der Waals surface area contributed by atoms with Crippen molar-refractivity contribution in [3.05, 3.63) is 0 Å². The summed E-state index contributed by atoms with van der Waals surface area (Å²) in [7, 11) is 3.63. The highest BCUT2D eigenvalue weighted by Crippen LogP contribution is 2.38. The Morgan fingerprint density at radius 3 is 2.94 bits per heavy atom. The Hall–Kier alpha value is -0.200. The molecule has 1 fully saturated rings. The summed E-state index contributed by atoms with van der Waals surface area (Å²) in [4.78, 5) is 22.0. The Morgan fingerprint density at radius 1 is 1.50 bits per heavy atom. The molecule has 1 N–H and O–H groups in total. The summed E-state index contributed by atoms with van der Waals surface area (Å²) in [6.07, 6.45) is 1.70. The van der Waals surface area contributed by atoms with Gasteiger partial charge in [0.05, 0.1) is 6.61 Å². The first-order chi connectivity index (χ1) is 7.68. The number of nitrogens with one attached hydrogen (secondary N) is 1. The molecule has 0 aromatic rings. The van der Waals surface area contributed by atoms with Crippen LogP contribution in [0, 0.1) is 0 Å². The molecular weight excluding hydrogens is 246 g/mol. The van der Waals surface area contributed by atoms with Gasteiger partial charge in [0.25, 0.3) is 0 Å². The SMILES string of the molecule is CC(=O)COCCNC(=O)CC1CCSS1. The summed E-state index contributed by atoms with van der Waals surface area (Å²) in [5.74, 6) is 1.22. The van der Waals surface area contributed by atoms with Gasteiger partial charge in [-0.3, -0.25) is 9.59 Å². The summed E-state index contributed by atoms with van der Waals surface area (Å²) in [5, 5.41) is 3.25. The Balaban J connectivity index is 1.95. The Morgan fingerprint density at radius 2 is 2.31 bits per heavy atom. The Kier molecular flexibility index (Phi) is 6.91. The summed E-state index contributed by atoms with van der Waals surface area (Å²) < 4.78 is 5.04. The van der Waals surface area contributed by atoms with E-state index in [2.05, 4.69) is 5.32 Å². The number of hydrogen-bond donors (Lipinski definition) is 1. The van der Waals surface area contributed by atoms with Gasteiger partial charge in [0.1, 0.15) is 6.61 Å². The molecule has 1 saturated heterocycles. The third kappa shape index (κ3) is 6.40. The zero-order chi connectivity index (χ0) is 11.8. The van der Waals surface area contributed by atoms with Gasteiger partial charge < -0.3 is 10.1 Å². The van der Waals surface area contributed by atoms with Crippen LogP contribution >= 0.6 is 21.6 Å². The van der Waals surface area contributed by atoms with Crippen molar-refractivity contribution in [1.29, 1.82) is 0 Å². The maximum Gasteiger partial charge on any atom is 0.221 e. The highest BCUT2D eigenvalue weighted by Gasteiger charge is 2.19. The Labute approximate surface area is 104 Å². The molecule has 1 aliphatic rings. The highest BCUT2D eigenvalue weighted by atomic mass is 33.1. The summed E-state index contributed by atoms with van der Waals surface area (Å²) in [5.41, 5.74) is 0. The molecule has 1 atom stereocenters. The van der Waals surface area contributed by atoms with Crippen LogP contribution in [-0.4, -0.2) is 42.5 Å². The number of amides is 1. The van der Waals surface area contributed by atoms with Crippen molar-refractivity contribution in [1.82, 2.24) is 5.32 Å². The van der Waals surface area contributed by atoms with Crippen LogP contribution in [0.2, 0.25) is 0 Å². The predicted octanol–water partition coefficient (Wildman–Crippen LogP) is 1.25. The molecule has 0 saturated carbocycles. The molecule has 1 unspecified atom stereocenters. The lowest BCUT2D eigenvalue weighted by molar-refractivity contribution is -0.122. The van der Waals surface area contributed by atoms with E-state index in [9.17, 15) is 9.59 Å². The number of carbonyl (C=O) groups is 2. The van der Waals surface area contributed by atoms with Crippen LogP contribution in [0.5, 0.6) is 0 Å². The standard InChI is InChI=1S/C10H17NO3S2/c1-8(12)7-14-4-3-11-10(13)6-9-2-5-15-16-9/h9H,2-7H2,1H3,(H,11,13). The summed E-state index contributed by atoms with van der Waals surface area (Å²) >= 11 is 0. The van der Waals surface area contributed by atoms with E-state index in [0.29, 0.717) is 24.8 Å². The van der Waals surface area contributed by atoms with Crippen molar-refractivity contribution < 1.29 is 14.3 Å². The minimum Gasteiger partial charge on any atom is -0.372 e. The average molecular weight is 263 g/mol. The van der Waals surface area contributed by atoms with Crippen LogP contribution in [0.25, 0.3) is 0 Å². The molecule has 0 aromatic carbocycles. The first-order valence-corrected chi connectivity index (χ1v) is 7.69. The van der Waals surface area contributed by atoms with E-state index in [1.807, 2.05) is 10.8 Å². The second-order valence-corrected chi connectivity index (χ2v) is 6.43. The van der Waals surface area contributed by atoms with E-state index in [1.54, 1.807) is 10.8 Å². The van der Waals surface area contributed by atoms with Gasteiger partial charge in [-0.1, -0.05) is 21.6 Å². The zero-order valence-corrected chi connectivity index (χ0v) is 11.0. The van der Waals surface area contributed by atoms with Crippen LogP contribution in [0.3, 0.4) is 0 Å². The maximum absolute atomic E-state index is 11.4. The molecule has 1 rings (SSSR count). The normalized spacial score (nSPS) is 19.7. The molecule has 1 amide bonds. The quantitative estimate of drug-likeness (QED) is 0.553. The average Bonchev–Trinajstić information content (AvgIpc) is 2.69. The van der Waals surface area contributed by atoms with Gasteiger partial charge in [-0.2, -0.15) is 0 Å². The van der Waals surface area contributed by atoms with E-state index in [0.717, 1.165) is 12.2 Å².